The van der Waals surface area contributed by atoms with Gasteiger partial charge in [0.15, 0.2) is 11.5 Å². The largest absolute Gasteiger partial charge is 0.318 e. The van der Waals surface area contributed by atoms with Crippen LogP contribution in [-0.4, -0.2) is 25.8 Å². The van der Waals surface area contributed by atoms with Crippen molar-refractivity contribution in [2.24, 2.45) is 0 Å². The second-order valence-electron chi connectivity index (χ2n) is 5.74. The Hall–Kier alpha value is -3.55. The predicted molar refractivity (Wildman–Crippen MR) is 92.8 cm³/mol. The molecule has 2 aromatic carbocycles. The van der Waals surface area contributed by atoms with E-state index in [0.29, 0.717) is 11.4 Å². The topological polar surface area (TPSA) is 85.8 Å². The van der Waals surface area contributed by atoms with Gasteiger partial charge in [-0.2, -0.15) is 0 Å². The van der Waals surface area contributed by atoms with E-state index in [9.17, 15) is 9.18 Å². The van der Waals surface area contributed by atoms with Gasteiger partial charge in [-0.1, -0.05) is 30.3 Å². The Kier molecular flexibility index (Phi) is 3.92. The van der Waals surface area contributed by atoms with Gasteiger partial charge in [-0.25, -0.2) is 14.0 Å². The Morgan fingerprint density at radius 1 is 1.15 bits per heavy atom. The molecule has 0 fully saturated rings. The number of carbonyl (C=O) groups excluding carboxylic acids is 1. The highest BCUT2D eigenvalue weighted by atomic mass is 19.1. The maximum atomic E-state index is 14.2. The van der Waals surface area contributed by atoms with E-state index in [1.54, 1.807) is 18.2 Å². The van der Waals surface area contributed by atoms with E-state index in [-0.39, 0.29) is 29.8 Å². The van der Waals surface area contributed by atoms with Crippen molar-refractivity contribution in [3.63, 3.8) is 0 Å². The molecule has 0 aliphatic rings. The van der Waals surface area contributed by atoms with Gasteiger partial charge in [-0.05, 0) is 28.5 Å². The molecule has 8 heteroatoms. The van der Waals surface area contributed by atoms with Crippen LogP contribution in [0.25, 0.3) is 22.6 Å². The van der Waals surface area contributed by atoms with Crippen molar-refractivity contribution in [3.8, 4) is 11.5 Å². The molecule has 26 heavy (non-hydrogen) atoms. The number of nitrogens with one attached hydrogen (secondary N) is 1. The van der Waals surface area contributed by atoms with Gasteiger partial charge in [-0.15, -0.1) is 0 Å². The van der Waals surface area contributed by atoms with E-state index in [4.69, 9.17) is 4.63 Å². The summed E-state index contributed by atoms with van der Waals surface area (Å²) in [5.41, 5.74) is 2.32. The van der Waals surface area contributed by atoms with Gasteiger partial charge in [0.1, 0.15) is 5.82 Å². The zero-order valence-electron chi connectivity index (χ0n) is 13.8. The first-order valence-corrected chi connectivity index (χ1v) is 7.92. The van der Waals surface area contributed by atoms with Crippen molar-refractivity contribution in [2.75, 3.05) is 5.32 Å². The Balaban J connectivity index is 1.89. The monoisotopic (exact) mass is 351 g/mol. The smallest absolute Gasteiger partial charge is 0.222 e. The van der Waals surface area contributed by atoms with Gasteiger partial charge in [0.05, 0.1) is 17.6 Å². The summed E-state index contributed by atoms with van der Waals surface area (Å²) in [5.74, 6) is -0.0163. The maximum absolute atomic E-state index is 14.2. The zero-order valence-corrected chi connectivity index (χ0v) is 13.8. The summed E-state index contributed by atoms with van der Waals surface area (Å²) in [6, 6.07) is 14.0. The van der Waals surface area contributed by atoms with Gasteiger partial charge < -0.3 is 9.88 Å². The number of anilines is 1. The second kappa shape index (κ2) is 6.40. The maximum Gasteiger partial charge on any atom is 0.222 e. The van der Waals surface area contributed by atoms with Crippen molar-refractivity contribution in [2.45, 2.75) is 13.5 Å². The number of hydrogen-bond acceptors (Lipinski definition) is 5. The Labute approximate surface area is 147 Å². The number of benzene rings is 2. The van der Waals surface area contributed by atoms with Crippen LogP contribution in [0.1, 0.15) is 12.5 Å². The van der Waals surface area contributed by atoms with Gasteiger partial charge in [0, 0.05) is 12.5 Å². The van der Waals surface area contributed by atoms with Crippen LogP contribution >= 0.6 is 0 Å². The van der Waals surface area contributed by atoms with Crippen molar-refractivity contribution >= 4 is 22.8 Å². The average Bonchev–Trinajstić information content (AvgIpc) is 3.21. The molecule has 0 atom stereocenters. The molecule has 4 aromatic rings. The number of aromatic nitrogens is 4. The Morgan fingerprint density at radius 2 is 1.92 bits per heavy atom. The molecule has 2 aromatic heterocycles. The second-order valence-corrected chi connectivity index (χ2v) is 5.74. The number of amides is 1. The number of halogens is 1. The molecule has 0 bridgehead atoms. The van der Waals surface area contributed by atoms with Crippen LogP contribution < -0.4 is 5.32 Å². The molecule has 4 rings (SSSR count). The Bertz CT molecular complexity index is 1100. The minimum absolute atomic E-state index is 0.169. The molecule has 0 unspecified atom stereocenters. The third-order valence-electron chi connectivity index (χ3n) is 3.94. The predicted octanol–water partition coefficient (Wildman–Crippen LogP) is 3.23. The first-order valence-electron chi connectivity index (χ1n) is 7.92. The SMILES string of the molecule is CC(=O)Nc1nonc1-c1nc2ccccc2n1Cc1ccccc1F. The summed E-state index contributed by atoms with van der Waals surface area (Å²) in [7, 11) is 0. The fraction of sp³-hybridized carbons (Fsp3) is 0.111. The van der Waals surface area contributed by atoms with Crippen molar-refractivity contribution in [3.05, 3.63) is 59.9 Å². The highest BCUT2D eigenvalue weighted by Crippen LogP contribution is 2.29. The molecule has 130 valence electrons. The summed E-state index contributed by atoms with van der Waals surface area (Å²) in [6.45, 7) is 1.61. The highest BCUT2D eigenvalue weighted by molar-refractivity contribution is 5.91. The van der Waals surface area contributed by atoms with E-state index in [0.717, 1.165) is 11.0 Å². The standard InChI is InChI=1S/C18H14FN5O2/c1-11(25)20-17-16(22-26-23-17)18-21-14-8-4-5-9-15(14)24(18)10-12-6-2-3-7-13(12)19/h2-9H,10H2,1H3,(H,20,23,25). The van der Waals surface area contributed by atoms with Crippen LogP contribution in [0.2, 0.25) is 0 Å². The lowest BCUT2D eigenvalue weighted by molar-refractivity contribution is -0.114. The average molecular weight is 351 g/mol. The van der Waals surface area contributed by atoms with Gasteiger partial charge >= 0.3 is 0 Å². The summed E-state index contributed by atoms with van der Waals surface area (Å²) >= 11 is 0. The summed E-state index contributed by atoms with van der Waals surface area (Å²) in [4.78, 5) is 16.0. The van der Waals surface area contributed by atoms with E-state index in [2.05, 4.69) is 20.6 Å². The fourth-order valence-corrected chi connectivity index (χ4v) is 2.80. The number of imidazole rings is 1. The number of carbonyl (C=O) groups is 1. The molecule has 0 spiro atoms. The van der Waals surface area contributed by atoms with Crippen LogP contribution in [-0.2, 0) is 11.3 Å². The molecule has 2 heterocycles. The van der Waals surface area contributed by atoms with Gasteiger partial charge in [0.25, 0.3) is 0 Å². The lowest BCUT2D eigenvalue weighted by Crippen LogP contribution is -2.09. The van der Waals surface area contributed by atoms with E-state index < -0.39 is 0 Å². The molecule has 0 saturated carbocycles. The Morgan fingerprint density at radius 3 is 2.73 bits per heavy atom. The van der Waals surface area contributed by atoms with Crippen LogP contribution in [0.3, 0.4) is 0 Å². The van der Waals surface area contributed by atoms with Gasteiger partial charge in [-0.3, -0.25) is 4.79 Å². The molecule has 1 amide bonds. The first kappa shape index (κ1) is 15.9. The van der Waals surface area contributed by atoms with Crippen LogP contribution in [0.5, 0.6) is 0 Å². The van der Waals surface area contributed by atoms with Crippen molar-refractivity contribution in [1.82, 2.24) is 19.9 Å². The number of hydrogen-bond donors (Lipinski definition) is 1. The molecule has 1 N–H and O–H groups in total. The molecule has 0 saturated heterocycles. The van der Waals surface area contributed by atoms with Crippen molar-refractivity contribution < 1.29 is 13.8 Å². The lowest BCUT2D eigenvalue weighted by Gasteiger charge is -2.09. The molecule has 7 nitrogen and oxygen atoms in total. The summed E-state index contributed by atoms with van der Waals surface area (Å²) < 4.78 is 20.8. The molecule has 0 radical (unpaired) electrons. The van der Waals surface area contributed by atoms with Crippen LogP contribution in [0.15, 0.2) is 53.2 Å². The number of rotatable bonds is 4. The molecule has 0 aliphatic carbocycles. The first-order chi connectivity index (χ1) is 12.6. The third-order valence-corrected chi connectivity index (χ3v) is 3.94. The summed E-state index contributed by atoms with van der Waals surface area (Å²) in [6.07, 6.45) is 0. The summed E-state index contributed by atoms with van der Waals surface area (Å²) in [5, 5.41) is 10.2. The molecular formula is C18H14FN5O2. The zero-order chi connectivity index (χ0) is 18.1. The minimum atomic E-state index is -0.309. The number of nitrogens with zero attached hydrogens (tertiary/aromatic N) is 4. The van der Waals surface area contributed by atoms with Crippen LogP contribution in [0, 0.1) is 5.82 Å². The van der Waals surface area contributed by atoms with Crippen LogP contribution in [0.4, 0.5) is 10.2 Å². The number of para-hydroxylation sites is 2. The number of fused-ring (bicyclic) bond motifs is 1. The van der Waals surface area contributed by atoms with Gasteiger partial charge in [0.2, 0.25) is 11.7 Å². The lowest BCUT2D eigenvalue weighted by atomic mass is 10.2. The third kappa shape index (κ3) is 2.81. The minimum Gasteiger partial charge on any atom is -0.318 e. The highest BCUT2D eigenvalue weighted by Gasteiger charge is 2.21. The normalized spacial score (nSPS) is 11.0. The fourth-order valence-electron chi connectivity index (χ4n) is 2.80. The van der Waals surface area contributed by atoms with Crippen molar-refractivity contribution in [1.29, 1.82) is 0 Å². The van der Waals surface area contributed by atoms with E-state index in [1.165, 1.54) is 13.0 Å². The molecular weight excluding hydrogens is 337 g/mol. The molecule has 0 aliphatic heterocycles. The van der Waals surface area contributed by atoms with E-state index in [1.807, 2.05) is 28.8 Å². The quantitative estimate of drug-likeness (QED) is 0.610. The van der Waals surface area contributed by atoms with E-state index >= 15 is 0 Å².